The standard InChI is InChI=1S/C6H13F3N2.ClH/c1-4(10)2-3-5(11)6(7,8)9;/h4-5H,2-3,10-11H2,1H3;1H. The van der Waals surface area contributed by atoms with Crippen LogP contribution in [0.2, 0.25) is 0 Å². The van der Waals surface area contributed by atoms with Gasteiger partial charge in [-0.3, -0.25) is 0 Å². The highest BCUT2D eigenvalue weighted by Gasteiger charge is 2.35. The van der Waals surface area contributed by atoms with Crippen molar-refractivity contribution in [1.29, 1.82) is 0 Å². The van der Waals surface area contributed by atoms with Crippen LogP contribution in [0.3, 0.4) is 0 Å². The van der Waals surface area contributed by atoms with Crippen molar-refractivity contribution in [1.82, 2.24) is 0 Å². The van der Waals surface area contributed by atoms with Crippen LogP contribution in [0.5, 0.6) is 0 Å². The van der Waals surface area contributed by atoms with Crippen LogP contribution in [0.1, 0.15) is 19.8 Å². The molecule has 0 aliphatic carbocycles. The molecule has 2 nitrogen and oxygen atoms in total. The van der Waals surface area contributed by atoms with Gasteiger partial charge in [-0.15, -0.1) is 12.4 Å². The quantitative estimate of drug-likeness (QED) is 0.734. The van der Waals surface area contributed by atoms with Crippen LogP contribution >= 0.6 is 12.4 Å². The highest BCUT2D eigenvalue weighted by Crippen LogP contribution is 2.21. The molecular formula is C6H14ClF3N2. The number of rotatable bonds is 3. The lowest BCUT2D eigenvalue weighted by Crippen LogP contribution is -2.38. The molecule has 0 saturated heterocycles. The minimum absolute atomic E-state index is 0. The van der Waals surface area contributed by atoms with E-state index in [0.29, 0.717) is 6.42 Å². The topological polar surface area (TPSA) is 52.0 Å². The molecule has 0 heterocycles. The van der Waals surface area contributed by atoms with Crippen LogP contribution in [-0.2, 0) is 0 Å². The Balaban J connectivity index is 0. The summed E-state index contributed by atoms with van der Waals surface area (Å²) in [6.07, 6.45) is -4.07. The number of halogens is 4. The van der Waals surface area contributed by atoms with E-state index in [9.17, 15) is 13.2 Å². The molecule has 0 radical (unpaired) electrons. The van der Waals surface area contributed by atoms with Gasteiger partial charge in [-0.25, -0.2) is 0 Å². The van der Waals surface area contributed by atoms with Crippen molar-refractivity contribution in [3.8, 4) is 0 Å². The van der Waals surface area contributed by atoms with Crippen molar-refractivity contribution in [3.05, 3.63) is 0 Å². The fourth-order valence-corrected chi connectivity index (χ4v) is 0.606. The van der Waals surface area contributed by atoms with Crippen molar-refractivity contribution in [2.45, 2.75) is 38.0 Å². The molecule has 2 atom stereocenters. The second-order valence-corrected chi connectivity index (χ2v) is 2.70. The number of alkyl halides is 3. The zero-order chi connectivity index (χ0) is 9.07. The highest BCUT2D eigenvalue weighted by molar-refractivity contribution is 5.85. The first kappa shape index (κ1) is 14.5. The maximum atomic E-state index is 11.7. The van der Waals surface area contributed by atoms with Gasteiger partial charge in [-0.1, -0.05) is 0 Å². The largest absolute Gasteiger partial charge is 0.403 e. The molecule has 12 heavy (non-hydrogen) atoms. The normalized spacial score (nSPS) is 16.5. The van der Waals surface area contributed by atoms with Gasteiger partial charge in [0.25, 0.3) is 0 Å². The van der Waals surface area contributed by atoms with Gasteiger partial charge in [0.05, 0.1) is 0 Å². The van der Waals surface area contributed by atoms with E-state index >= 15 is 0 Å². The number of hydrogen-bond donors (Lipinski definition) is 2. The van der Waals surface area contributed by atoms with Crippen molar-refractivity contribution in [2.24, 2.45) is 11.5 Å². The first-order valence-electron chi connectivity index (χ1n) is 3.42. The van der Waals surface area contributed by atoms with Gasteiger partial charge in [0.15, 0.2) is 0 Å². The summed E-state index contributed by atoms with van der Waals surface area (Å²) in [5, 5.41) is 0. The predicted octanol–water partition coefficient (Wildman–Crippen LogP) is 1.43. The molecule has 0 aliphatic heterocycles. The minimum Gasteiger partial charge on any atom is -0.328 e. The number of hydrogen-bond acceptors (Lipinski definition) is 2. The molecule has 76 valence electrons. The van der Waals surface area contributed by atoms with Crippen LogP contribution in [0.15, 0.2) is 0 Å². The lowest BCUT2D eigenvalue weighted by molar-refractivity contribution is -0.149. The monoisotopic (exact) mass is 206 g/mol. The smallest absolute Gasteiger partial charge is 0.328 e. The average molecular weight is 207 g/mol. The van der Waals surface area contributed by atoms with Gasteiger partial charge in [-0.2, -0.15) is 13.2 Å². The fraction of sp³-hybridized carbons (Fsp3) is 1.00. The molecule has 0 saturated carbocycles. The second kappa shape index (κ2) is 5.61. The Bertz CT molecular complexity index is 116. The van der Waals surface area contributed by atoms with E-state index in [2.05, 4.69) is 0 Å². The molecule has 0 aromatic heterocycles. The summed E-state index contributed by atoms with van der Waals surface area (Å²) < 4.78 is 35.2. The summed E-state index contributed by atoms with van der Waals surface area (Å²) in [7, 11) is 0. The van der Waals surface area contributed by atoms with Gasteiger partial charge in [0.2, 0.25) is 0 Å². The molecule has 0 aliphatic rings. The lowest BCUT2D eigenvalue weighted by Gasteiger charge is -2.15. The zero-order valence-corrected chi connectivity index (χ0v) is 7.58. The Hall–Kier alpha value is -0.0000000000000000555. The van der Waals surface area contributed by atoms with Gasteiger partial charge < -0.3 is 11.5 Å². The molecule has 0 rings (SSSR count). The van der Waals surface area contributed by atoms with Crippen molar-refractivity contribution < 1.29 is 13.2 Å². The first-order chi connectivity index (χ1) is 4.84. The Labute approximate surface area is 75.9 Å². The maximum Gasteiger partial charge on any atom is 0.403 e. The van der Waals surface area contributed by atoms with Gasteiger partial charge in [0.1, 0.15) is 6.04 Å². The van der Waals surface area contributed by atoms with Crippen molar-refractivity contribution in [3.63, 3.8) is 0 Å². The summed E-state index contributed by atoms with van der Waals surface area (Å²) in [5.74, 6) is 0. The summed E-state index contributed by atoms with van der Waals surface area (Å²) >= 11 is 0. The zero-order valence-electron chi connectivity index (χ0n) is 6.77. The van der Waals surface area contributed by atoms with E-state index in [1.807, 2.05) is 0 Å². The van der Waals surface area contributed by atoms with Crippen LogP contribution < -0.4 is 11.5 Å². The summed E-state index contributed by atoms with van der Waals surface area (Å²) in [4.78, 5) is 0. The third kappa shape index (κ3) is 6.69. The van der Waals surface area contributed by atoms with E-state index in [1.165, 1.54) is 0 Å². The fourth-order valence-electron chi connectivity index (χ4n) is 0.606. The summed E-state index contributed by atoms with van der Waals surface area (Å²) in [5.41, 5.74) is 10.1. The van der Waals surface area contributed by atoms with Gasteiger partial charge in [-0.05, 0) is 19.8 Å². The molecule has 0 spiro atoms. The molecule has 0 aromatic carbocycles. The van der Waals surface area contributed by atoms with Crippen molar-refractivity contribution in [2.75, 3.05) is 0 Å². The van der Waals surface area contributed by atoms with E-state index in [0.717, 1.165) is 0 Å². The van der Waals surface area contributed by atoms with E-state index in [-0.39, 0.29) is 24.9 Å². The molecule has 0 fully saturated rings. The Morgan fingerprint density at radius 3 is 1.83 bits per heavy atom. The Morgan fingerprint density at radius 2 is 1.58 bits per heavy atom. The molecular weight excluding hydrogens is 193 g/mol. The summed E-state index contributed by atoms with van der Waals surface area (Å²) in [6, 6.07) is -1.95. The highest BCUT2D eigenvalue weighted by atomic mass is 35.5. The molecule has 0 bridgehead atoms. The SMILES string of the molecule is CC(N)CCC(N)C(F)(F)F.Cl. The predicted molar refractivity (Wildman–Crippen MR) is 44.2 cm³/mol. The molecule has 0 aromatic rings. The molecule has 0 amide bonds. The molecule has 4 N–H and O–H groups in total. The number of nitrogens with two attached hydrogens (primary N) is 2. The molecule has 6 heteroatoms. The third-order valence-corrected chi connectivity index (χ3v) is 1.35. The van der Waals surface area contributed by atoms with E-state index < -0.39 is 12.2 Å². The van der Waals surface area contributed by atoms with Crippen LogP contribution in [0.4, 0.5) is 13.2 Å². The summed E-state index contributed by atoms with van der Waals surface area (Å²) in [6.45, 7) is 1.66. The molecule has 2 unspecified atom stereocenters. The van der Waals surface area contributed by atoms with E-state index in [1.54, 1.807) is 6.92 Å². The van der Waals surface area contributed by atoms with E-state index in [4.69, 9.17) is 11.5 Å². The van der Waals surface area contributed by atoms with Crippen LogP contribution in [0.25, 0.3) is 0 Å². The Kier molecular flexibility index (Phi) is 6.79. The average Bonchev–Trinajstić information content (AvgIpc) is 1.80. The second-order valence-electron chi connectivity index (χ2n) is 2.70. The van der Waals surface area contributed by atoms with Gasteiger partial charge in [0, 0.05) is 6.04 Å². The van der Waals surface area contributed by atoms with Crippen molar-refractivity contribution >= 4 is 12.4 Å². The van der Waals surface area contributed by atoms with Crippen LogP contribution in [0, 0.1) is 0 Å². The van der Waals surface area contributed by atoms with Gasteiger partial charge >= 0.3 is 6.18 Å². The third-order valence-electron chi connectivity index (χ3n) is 1.35. The Morgan fingerprint density at radius 1 is 1.17 bits per heavy atom. The maximum absolute atomic E-state index is 11.7. The van der Waals surface area contributed by atoms with Crippen LogP contribution in [-0.4, -0.2) is 18.3 Å². The first-order valence-corrected chi connectivity index (χ1v) is 3.42. The minimum atomic E-state index is -4.28. The lowest BCUT2D eigenvalue weighted by atomic mass is 10.1.